The summed E-state index contributed by atoms with van der Waals surface area (Å²) < 4.78 is 0. The molecule has 0 saturated heterocycles. The Kier molecular flexibility index (Phi) is 3.70. The summed E-state index contributed by atoms with van der Waals surface area (Å²) in [6.45, 7) is 5.83. The van der Waals surface area contributed by atoms with Crippen LogP contribution in [0.4, 0.5) is 5.69 Å². The van der Waals surface area contributed by atoms with E-state index in [9.17, 15) is 9.59 Å². The van der Waals surface area contributed by atoms with Gasteiger partial charge < -0.3 is 10.4 Å². The molecule has 2 heterocycles. The van der Waals surface area contributed by atoms with Crippen LogP contribution in [0.2, 0.25) is 0 Å². The first-order valence-electron chi connectivity index (χ1n) is 6.21. The normalized spacial score (nSPS) is 11.2. The molecule has 8 nitrogen and oxygen atoms in total. The Hall–Kier alpha value is -2.77. The van der Waals surface area contributed by atoms with E-state index in [1.165, 1.54) is 18.3 Å². The van der Waals surface area contributed by atoms with Crippen molar-refractivity contribution in [2.24, 2.45) is 0 Å². The number of amides is 1. The first-order chi connectivity index (χ1) is 9.77. The van der Waals surface area contributed by atoms with Gasteiger partial charge in [-0.25, -0.2) is 14.8 Å². The van der Waals surface area contributed by atoms with Crippen LogP contribution >= 0.6 is 0 Å². The van der Waals surface area contributed by atoms with Crippen LogP contribution in [0.25, 0.3) is 0 Å². The summed E-state index contributed by atoms with van der Waals surface area (Å²) in [7, 11) is 0. The first-order valence-corrected chi connectivity index (χ1v) is 6.21. The van der Waals surface area contributed by atoms with Crippen molar-refractivity contribution in [1.82, 2.24) is 20.2 Å². The number of anilines is 1. The van der Waals surface area contributed by atoms with E-state index >= 15 is 0 Å². The molecular weight excluding hydrogens is 274 g/mol. The number of nitrogens with one attached hydrogen (secondary N) is 2. The Balaban J connectivity index is 2.16. The number of nitrogens with zero attached hydrogens (tertiary/aromatic N) is 3. The molecule has 0 saturated carbocycles. The highest BCUT2D eigenvalue weighted by Crippen LogP contribution is 2.17. The Bertz CT molecular complexity index is 687. The van der Waals surface area contributed by atoms with Crippen molar-refractivity contribution in [1.29, 1.82) is 0 Å². The molecule has 2 aromatic rings. The monoisotopic (exact) mass is 289 g/mol. The third kappa shape index (κ3) is 3.41. The van der Waals surface area contributed by atoms with Crippen molar-refractivity contribution in [2.45, 2.75) is 26.2 Å². The summed E-state index contributed by atoms with van der Waals surface area (Å²) in [4.78, 5) is 30.6. The zero-order chi connectivity index (χ0) is 15.6. The molecule has 0 aromatic carbocycles. The van der Waals surface area contributed by atoms with Gasteiger partial charge >= 0.3 is 5.97 Å². The van der Waals surface area contributed by atoms with Gasteiger partial charge in [-0.1, -0.05) is 20.8 Å². The molecule has 3 N–H and O–H groups in total. The second kappa shape index (κ2) is 5.31. The lowest BCUT2D eigenvalue weighted by Gasteiger charge is -2.12. The number of carbonyl (C=O) groups is 2. The molecule has 0 atom stereocenters. The van der Waals surface area contributed by atoms with Gasteiger partial charge in [-0.05, 0) is 12.1 Å². The lowest BCUT2D eigenvalue weighted by Crippen LogP contribution is -2.16. The van der Waals surface area contributed by atoms with Crippen LogP contribution in [0.5, 0.6) is 0 Å². The summed E-state index contributed by atoms with van der Waals surface area (Å²) in [6.07, 6.45) is 1.30. The minimum atomic E-state index is -1.17. The van der Waals surface area contributed by atoms with E-state index in [0.717, 1.165) is 0 Å². The average molecular weight is 289 g/mol. The van der Waals surface area contributed by atoms with E-state index in [1.54, 1.807) is 0 Å². The zero-order valence-electron chi connectivity index (χ0n) is 11.8. The van der Waals surface area contributed by atoms with Crippen molar-refractivity contribution in [2.75, 3.05) is 5.32 Å². The molecular formula is C13H15N5O3. The summed E-state index contributed by atoms with van der Waals surface area (Å²) in [5.41, 5.74) is -0.0914. The Morgan fingerprint density at radius 2 is 2.05 bits per heavy atom. The molecule has 0 radical (unpaired) electrons. The highest BCUT2D eigenvalue weighted by Gasteiger charge is 2.21. The molecule has 110 valence electrons. The van der Waals surface area contributed by atoms with Gasteiger partial charge in [-0.15, -0.1) is 5.10 Å². The van der Waals surface area contributed by atoms with Gasteiger partial charge in [0.1, 0.15) is 11.5 Å². The van der Waals surface area contributed by atoms with Crippen molar-refractivity contribution in [3.8, 4) is 0 Å². The molecule has 0 aliphatic heterocycles. The molecule has 2 rings (SSSR count). The molecule has 8 heteroatoms. The van der Waals surface area contributed by atoms with E-state index in [4.69, 9.17) is 5.11 Å². The summed E-state index contributed by atoms with van der Waals surface area (Å²) in [6, 6.07) is 2.75. The fraction of sp³-hybridized carbons (Fsp3) is 0.308. The number of aromatic amines is 1. The van der Waals surface area contributed by atoms with Crippen molar-refractivity contribution in [3.63, 3.8) is 0 Å². The number of pyridine rings is 1. The highest BCUT2D eigenvalue weighted by atomic mass is 16.4. The second-order valence-corrected chi connectivity index (χ2v) is 5.45. The van der Waals surface area contributed by atoms with E-state index in [1.807, 2.05) is 20.8 Å². The fourth-order valence-electron chi connectivity index (χ4n) is 1.51. The Morgan fingerprint density at radius 3 is 2.62 bits per heavy atom. The lowest BCUT2D eigenvalue weighted by atomic mass is 9.96. The number of carboxylic acids is 1. The van der Waals surface area contributed by atoms with Gasteiger partial charge in [-0.2, -0.15) is 0 Å². The third-order valence-electron chi connectivity index (χ3n) is 2.64. The van der Waals surface area contributed by atoms with Gasteiger partial charge in [-0.3, -0.25) is 9.89 Å². The number of carboxylic acid groups (broad SMARTS) is 1. The predicted molar refractivity (Wildman–Crippen MR) is 74.2 cm³/mol. The predicted octanol–water partition coefficient (Wildman–Crippen LogP) is 1.45. The van der Waals surface area contributed by atoms with Crippen LogP contribution in [0.3, 0.4) is 0 Å². The molecule has 0 bridgehead atoms. The summed E-state index contributed by atoms with van der Waals surface area (Å²) in [5, 5.41) is 17.9. The van der Waals surface area contributed by atoms with Crippen LogP contribution < -0.4 is 5.32 Å². The van der Waals surface area contributed by atoms with E-state index in [0.29, 0.717) is 11.5 Å². The molecule has 0 unspecified atom stereocenters. The number of hydrogen-bond acceptors (Lipinski definition) is 5. The van der Waals surface area contributed by atoms with E-state index < -0.39 is 11.9 Å². The van der Waals surface area contributed by atoms with Crippen molar-refractivity contribution >= 4 is 17.6 Å². The SMILES string of the molecule is CC(C)(C)c1nc(C(=O)Nc2ccnc(C(=O)O)c2)n[nH]1. The van der Waals surface area contributed by atoms with Gasteiger partial charge in [0.2, 0.25) is 5.82 Å². The maximum absolute atomic E-state index is 12.0. The first kappa shape index (κ1) is 14.6. The molecule has 0 aliphatic carbocycles. The number of aromatic carboxylic acids is 1. The highest BCUT2D eigenvalue weighted by molar-refractivity contribution is 6.02. The van der Waals surface area contributed by atoms with E-state index in [2.05, 4.69) is 25.5 Å². The summed E-state index contributed by atoms with van der Waals surface area (Å²) in [5.74, 6) is -1.11. The van der Waals surface area contributed by atoms with Gasteiger partial charge in [0.25, 0.3) is 5.91 Å². The van der Waals surface area contributed by atoms with Gasteiger partial charge in [0.15, 0.2) is 0 Å². The zero-order valence-corrected chi connectivity index (χ0v) is 11.8. The van der Waals surface area contributed by atoms with Crippen LogP contribution in [0.15, 0.2) is 18.3 Å². The minimum absolute atomic E-state index is 0.00591. The topological polar surface area (TPSA) is 121 Å². The number of hydrogen-bond donors (Lipinski definition) is 3. The average Bonchev–Trinajstić information content (AvgIpc) is 2.88. The minimum Gasteiger partial charge on any atom is -0.477 e. The maximum atomic E-state index is 12.0. The number of aromatic nitrogens is 4. The summed E-state index contributed by atoms with van der Waals surface area (Å²) >= 11 is 0. The van der Waals surface area contributed by atoms with Crippen LogP contribution in [-0.4, -0.2) is 37.1 Å². The quantitative estimate of drug-likeness (QED) is 0.786. The van der Waals surface area contributed by atoms with Crippen LogP contribution in [0.1, 0.15) is 47.7 Å². The smallest absolute Gasteiger partial charge is 0.354 e. The van der Waals surface area contributed by atoms with Gasteiger partial charge in [0, 0.05) is 17.3 Å². The molecule has 2 aromatic heterocycles. The van der Waals surface area contributed by atoms with Crippen LogP contribution in [-0.2, 0) is 5.41 Å². The lowest BCUT2D eigenvalue weighted by molar-refractivity contribution is 0.0690. The Morgan fingerprint density at radius 1 is 1.33 bits per heavy atom. The molecule has 1 amide bonds. The fourth-order valence-corrected chi connectivity index (χ4v) is 1.51. The van der Waals surface area contributed by atoms with Crippen molar-refractivity contribution in [3.05, 3.63) is 35.7 Å². The standard InChI is InChI=1S/C13H15N5O3/c1-13(2,3)12-16-9(17-18-12)10(19)15-7-4-5-14-8(6-7)11(20)21/h4-6H,1-3H3,(H,20,21)(H,14,15,19)(H,16,17,18). The number of H-pyrrole nitrogens is 1. The van der Waals surface area contributed by atoms with Crippen LogP contribution in [0, 0.1) is 0 Å². The van der Waals surface area contributed by atoms with Crippen molar-refractivity contribution < 1.29 is 14.7 Å². The molecule has 21 heavy (non-hydrogen) atoms. The van der Waals surface area contributed by atoms with E-state index in [-0.39, 0.29) is 16.9 Å². The maximum Gasteiger partial charge on any atom is 0.354 e. The van der Waals surface area contributed by atoms with Gasteiger partial charge in [0.05, 0.1) is 0 Å². The number of carbonyl (C=O) groups excluding carboxylic acids is 1. The third-order valence-corrected chi connectivity index (χ3v) is 2.64. The largest absolute Gasteiger partial charge is 0.477 e. The Labute approximate surface area is 120 Å². The molecule has 0 aliphatic rings. The number of rotatable bonds is 3. The molecule has 0 spiro atoms. The second-order valence-electron chi connectivity index (χ2n) is 5.45. The molecule has 0 fully saturated rings.